The first-order chi connectivity index (χ1) is 14.5. The average molecular weight is 403 g/mol. The summed E-state index contributed by atoms with van der Waals surface area (Å²) in [6.45, 7) is 1.38. The van der Waals surface area contributed by atoms with Gasteiger partial charge in [-0.1, -0.05) is 18.2 Å². The molecule has 1 amide bonds. The first-order valence-electron chi connectivity index (χ1n) is 9.86. The number of nitrogens with one attached hydrogen (secondary N) is 1. The fourth-order valence-corrected chi connectivity index (χ4v) is 3.80. The number of fused-ring (bicyclic) bond motifs is 1. The molecular formula is C23H21N3O4. The maximum atomic E-state index is 12.8. The van der Waals surface area contributed by atoms with Crippen LogP contribution < -0.4 is 5.32 Å². The summed E-state index contributed by atoms with van der Waals surface area (Å²) in [5.41, 5.74) is 0.577. The molecule has 0 saturated heterocycles. The lowest BCUT2D eigenvalue weighted by atomic mass is 10.00. The van der Waals surface area contributed by atoms with Gasteiger partial charge in [0, 0.05) is 5.39 Å². The highest BCUT2D eigenvalue weighted by Crippen LogP contribution is 2.29. The van der Waals surface area contributed by atoms with E-state index in [9.17, 15) is 14.9 Å². The molecule has 7 heteroatoms. The Morgan fingerprint density at radius 1 is 1.23 bits per heavy atom. The van der Waals surface area contributed by atoms with Gasteiger partial charge in [0.2, 0.25) is 0 Å². The van der Waals surface area contributed by atoms with Crippen LogP contribution >= 0.6 is 0 Å². The number of rotatable bonds is 5. The van der Waals surface area contributed by atoms with Crippen LogP contribution in [0.15, 0.2) is 46.9 Å². The zero-order valence-electron chi connectivity index (χ0n) is 16.6. The molecule has 152 valence electrons. The van der Waals surface area contributed by atoms with Crippen LogP contribution in [-0.4, -0.2) is 29.0 Å². The van der Waals surface area contributed by atoms with E-state index in [2.05, 4.69) is 16.4 Å². The van der Waals surface area contributed by atoms with Gasteiger partial charge in [0.05, 0.1) is 17.1 Å². The first kappa shape index (κ1) is 19.6. The molecule has 1 N–H and O–H groups in total. The summed E-state index contributed by atoms with van der Waals surface area (Å²) >= 11 is 0. The molecule has 0 bridgehead atoms. The van der Waals surface area contributed by atoms with Crippen molar-refractivity contribution in [1.29, 1.82) is 5.26 Å². The molecule has 4 rings (SSSR count). The van der Waals surface area contributed by atoms with E-state index in [1.807, 2.05) is 19.1 Å². The van der Waals surface area contributed by atoms with Gasteiger partial charge < -0.3 is 14.5 Å². The van der Waals surface area contributed by atoms with E-state index in [4.69, 9.17) is 9.15 Å². The van der Waals surface area contributed by atoms with Crippen LogP contribution in [0.4, 0.5) is 0 Å². The molecule has 0 spiro atoms. The zero-order valence-corrected chi connectivity index (χ0v) is 16.6. The molecule has 30 heavy (non-hydrogen) atoms. The maximum Gasteiger partial charge on any atom is 0.339 e. The summed E-state index contributed by atoms with van der Waals surface area (Å²) < 4.78 is 10.9. The Labute approximate surface area is 173 Å². The van der Waals surface area contributed by atoms with Crippen LogP contribution in [0.3, 0.4) is 0 Å². The number of esters is 1. The number of para-hydroxylation sites is 1. The quantitative estimate of drug-likeness (QED) is 0.648. The number of pyridine rings is 1. The van der Waals surface area contributed by atoms with Gasteiger partial charge in [-0.25, -0.2) is 9.78 Å². The van der Waals surface area contributed by atoms with Crippen LogP contribution in [0, 0.1) is 18.3 Å². The van der Waals surface area contributed by atoms with Crippen molar-refractivity contribution in [2.45, 2.75) is 38.1 Å². The highest BCUT2D eigenvalue weighted by Gasteiger charge is 2.35. The Balaban J connectivity index is 1.55. The summed E-state index contributed by atoms with van der Waals surface area (Å²) in [7, 11) is 0. The average Bonchev–Trinajstić information content (AvgIpc) is 3.40. The molecule has 1 aromatic carbocycles. The van der Waals surface area contributed by atoms with Gasteiger partial charge in [-0.2, -0.15) is 5.26 Å². The number of nitriles is 1. The molecule has 1 fully saturated rings. The number of amides is 1. The Morgan fingerprint density at radius 3 is 2.70 bits per heavy atom. The van der Waals surface area contributed by atoms with Crippen molar-refractivity contribution in [3.63, 3.8) is 0 Å². The molecule has 2 aromatic heterocycles. The Morgan fingerprint density at radius 2 is 2.00 bits per heavy atom. The van der Waals surface area contributed by atoms with Crippen LogP contribution in [0.2, 0.25) is 0 Å². The third kappa shape index (κ3) is 3.90. The van der Waals surface area contributed by atoms with Crippen LogP contribution in [0.5, 0.6) is 0 Å². The molecule has 3 aromatic rings. The van der Waals surface area contributed by atoms with Crippen LogP contribution in [-0.2, 0) is 9.53 Å². The Hall–Kier alpha value is -3.66. The number of nitrogens with zero attached hydrogens (tertiary/aromatic N) is 2. The van der Waals surface area contributed by atoms with Crippen LogP contribution in [0.25, 0.3) is 22.4 Å². The van der Waals surface area contributed by atoms with Gasteiger partial charge >= 0.3 is 5.97 Å². The summed E-state index contributed by atoms with van der Waals surface area (Å²) in [4.78, 5) is 29.7. The molecule has 0 unspecified atom stereocenters. The van der Waals surface area contributed by atoms with Gasteiger partial charge in [-0.15, -0.1) is 0 Å². The van der Waals surface area contributed by atoms with Gasteiger partial charge in [0.15, 0.2) is 12.4 Å². The van der Waals surface area contributed by atoms with Crippen molar-refractivity contribution >= 4 is 22.8 Å². The second-order valence-electron chi connectivity index (χ2n) is 7.51. The van der Waals surface area contributed by atoms with Gasteiger partial charge in [-0.05, 0) is 56.9 Å². The topological polar surface area (TPSA) is 105 Å². The summed E-state index contributed by atoms with van der Waals surface area (Å²) in [5, 5.41) is 12.7. The number of aromatic nitrogens is 1. The zero-order chi connectivity index (χ0) is 21.1. The minimum absolute atomic E-state index is 0.299. The molecule has 7 nitrogen and oxygen atoms in total. The smallest absolute Gasteiger partial charge is 0.339 e. The first-order valence-corrected chi connectivity index (χ1v) is 9.86. The molecule has 1 saturated carbocycles. The number of carbonyl (C=O) groups is 2. The van der Waals surface area contributed by atoms with Crippen molar-refractivity contribution < 1.29 is 18.7 Å². The summed E-state index contributed by atoms with van der Waals surface area (Å²) in [6, 6.07) is 14.6. The maximum absolute atomic E-state index is 12.8. The number of hydrogen-bond donors (Lipinski definition) is 1. The lowest BCUT2D eigenvalue weighted by Gasteiger charge is -2.21. The molecule has 0 aliphatic heterocycles. The predicted octanol–water partition coefficient (Wildman–Crippen LogP) is 3.91. The van der Waals surface area contributed by atoms with Crippen molar-refractivity contribution in [2.24, 2.45) is 0 Å². The van der Waals surface area contributed by atoms with E-state index >= 15 is 0 Å². The molecule has 2 heterocycles. The molecule has 0 atom stereocenters. The number of ether oxygens (including phenoxy) is 1. The second kappa shape index (κ2) is 7.99. The van der Waals surface area contributed by atoms with E-state index in [0.29, 0.717) is 40.8 Å². The number of hydrogen-bond acceptors (Lipinski definition) is 6. The number of aryl methyl sites for hydroxylation is 1. The normalized spacial score (nSPS) is 14.9. The third-order valence-corrected chi connectivity index (χ3v) is 5.31. The highest BCUT2D eigenvalue weighted by molar-refractivity contribution is 6.05. The Kier molecular flexibility index (Phi) is 5.23. The van der Waals surface area contributed by atoms with Crippen molar-refractivity contribution in [3.05, 3.63) is 53.8 Å². The molecule has 1 aliphatic rings. The minimum atomic E-state index is -0.850. The van der Waals surface area contributed by atoms with Gasteiger partial charge in [0.25, 0.3) is 5.91 Å². The summed E-state index contributed by atoms with van der Waals surface area (Å²) in [6.07, 6.45) is 3.02. The van der Waals surface area contributed by atoms with Crippen LogP contribution in [0.1, 0.15) is 41.8 Å². The van der Waals surface area contributed by atoms with E-state index in [1.54, 1.807) is 30.3 Å². The molecular weight excluding hydrogens is 382 g/mol. The van der Waals surface area contributed by atoms with Crippen molar-refractivity contribution in [1.82, 2.24) is 10.3 Å². The van der Waals surface area contributed by atoms with E-state index in [1.165, 1.54) is 0 Å². The lowest BCUT2D eigenvalue weighted by Crippen LogP contribution is -2.46. The van der Waals surface area contributed by atoms with E-state index in [0.717, 1.165) is 18.6 Å². The predicted molar refractivity (Wildman–Crippen MR) is 109 cm³/mol. The van der Waals surface area contributed by atoms with E-state index in [-0.39, 0.29) is 0 Å². The minimum Gasteiger partial charge on any atom is -0.460 e. The second-order valence-corrected chi connectivity index (χ2v) is 7.51. The van der Waals surface area contributed by atoms with Crippen molar-refractivity contribution in [2.75, 3.05) is 6.61 Å². The van der Waals surface area contributed by atoms with Gasteiger partial charge in [0.1, 0.15) is 17.0 Å². The lowest BCUT2D eigenvalue weighted by molar-refractivity contribution is -0.125. The fourth-order valence-electron chi connectivity index (χ4n) is 3.80. The monoisotopic (exact) mass is 403 g/mol. The van der Waals surface area contributed by atoms with Crippen molar-refractivity contribution in [3.8, 4) is 17.5 Å². The summed E-state index contributed by atoms with van der Waals surface area (Å²) in [5.74, 6) is 0.166. The highest BCUT2D eigenvalue weighted by atomic mass is 16.5. The van der Waals surface area contributed by atoms with E-state index < -0.39 is 24.0 Å². The fraction of sp³-hybridized carbons (Fsp3) is 0.304. The SMILES string of the molecule is Cc1ccc(-c2cc(C(=O)OCC(=O)NC3(C#N)CCCC3)c3ccccc3n2)o1. The number of carbonyl (C=O) groups excluding carboxylic acids is 2. The van der Waals surface area contributed by atoms with Gasteiger partial charge in [-0.3, -0.25) is 4.79 Å². The number of furan rings is 1. The number of benzene rings is 1. The third-order valence-electron chi connectivity index (χ3n) is 5.31. The molecule has 1 aliphatic carbocycles. The Bertz CT molecular complexity index is 1150. The largest absolute Gasteiger partial charge is 0.460 e. The molecule has 0 radical (unpaired) electrons. The standard InChI is InChI=1S/C23H21N3O4/c1-15-8-9-20(30-15)19-12-17(16-6-2-3-7-18(16)25-19)22(28)29-13-21(27)26-23(14-24)10-4-5-11-23/h2-3,6-9,12H,4-5,10-11,13H2,1H3,(H,26,27).